The smallest absolute Gasteiger partial charge is 0.250 e. The topological polar surface area (TPSA) is 89.3 Å². The zero-order valence-corrected chi connectivity index (χ0v) is 13.0. The predicted octanol–water partition coefficient (Wildman–Crippen LogP) is 3.04. The van der Waals surface area contributed by atoms with Gasteiger partial charge in [0.2, 0.25) is 11.8 Å². The second kappa shape index (κ2) is 7.56. The predicted molar refractivity (Wildman–Crippen MR) is 88.6 cm³/mol. The van der Waals surface area contributed by atoms with Crippen LogP contribution in [-0.2, 0) is 4.79 Å². The molecule has 0 heterocycles. The second-order valence-electron chi connectivity index (χ2n) is 4.90. The van der Waals surface area contributed by atoms with Gasteiger partial charge in [-0.15, -0.1) is 0 Å². The number of carbonyl (C=O) groups is 3. The van der Waals surface area contributed by atoms with Crippen LogP contribution in [-0.4, -0.2) is 17.6 Å². The lowest BCUT2D eigenvalue weighted by Gasteiger charge is -2.07. The molecular formula is C17H15ClN2O3. The first-order chi connectivity index (χ1) is 11.0. The molecule has 0 aliphatic heterocycles. The van der Waals surface area contributed by atoms with Crippen LogP contribution in [0.2, 0.25) is 5.02 Å². The summed E-state index contributed by atoms with van der Waals surface area (Å²) in [6, 6.07) is 13.2. The number of Topliss-reactive ketones (excluding diaryl/α,β-unsaturated/α-hetero) is 1. The average Bonchev–Trinajstić information content (AvgIpc) is 2.55. The standard InChI is InChI=1S/C17H15ClN2O3/c18-14-7-6-12(10-13(14)17(19)23)20-16(22)9-8-15(21)11-4-2-1-3-5-11/h1-7,10H,8-9H2,(H2,19,23)(H,20,22). The van der Waals surface area contributed by atoms with Gasteiger partial charge in [0.1, 0.15) is 0 Å². The van der Waals surface area contributed by atoms with Crippen LogP contribution in [0.15, 0.2) is 48.5 Å². The van der Waals surface area contributed by atoms with Crippen LogP contribution in [0, 0.1) is 0 Å². The molecule has 5 nitrogen and oxygen atoms in total. The number of benzene rings is 2. The molecule has 2 aromatic carbocycles. The van der Waals surface area contributed by atoms with Crippen LogP contribution >= 0.6 is 11.6 Å². The molecule has 23 heavy (non-hydrogen) atoms. The molecule has 0 spiro atoms. The SMILES string of the molecule is NC(=O)c1cc(NC(=O)CCC(=O)c2ccccc2)ccc1Cl. The second-order valence-corrected chi connectivity index (χ2v) is 5.30. The van der Waals surface area contributed by atoms with Gasteiger partial charge < -0.3 is 11.1 Å². The van der Waals surface area contributed by atoms with Gasteiger partial charge in [0.05, 0.1) is 10.6 Å². The van der Waals surface area contributed by atoms with Crippen LogP contribution < -0.4 is 11.1 Å². The third-order valence-corrected chi connectivity index (χ3v) is 3.52. The van der Waals surface area contributed by atoms with Crippen molar-refractivity contribution in [2.75, 3.05) is 5.32 Å². The third kappa shape index (κ3) is 4.66. The van der Waals surface area contributed by atoms with Gasteiger partial charge in [0.25, 0.3) is 0 Å². The number of primary amides is 1. The normalized spacial score (nSPS) is 10.1. The Balaban J connectivity index is 1.94. The van der Waals surface area contributed by atoms with E-state index in [1.54, 1.807) is 30.3 Å². The minimum atomic E-state index is -0.676. The molecule has 0 saturated carbocycles. The minimum absolute atomic E-state index is 0.0439. The van der Waals surface area contributed by atoms with E-state index in [1.165, 1.54) is 12.1 Å². The van der Waals surface area contributed by atoms with E-state index < -0.39 is 5.91 Å². The van der Waals surface area contributed by atoms with Crippen LogP contribution in [0.25, 0.3) is 0 Å². The number of carbonyl (C=O) groups excluding carboxylic acids is 3. The van der Waals surface area contributed by atoms with Crippen molar-refractivity contribution in [1.82, 2.24) is 0 Å². The summed E-state index contributed by atoms with van der Waals surface area (Å²) in [5, 5.41) is 2.83. The van der Waals surface area contributed by atoms with E-state index in [1.807, 2.05) is 6.07 Å². The highest BCUT2D eigenvalue weighted by molar-refractivity contribution is 6.34. The Kier molecular flexibility index (Phi) is 5.49. The van der Waals surface area contributed by atoms with Crippen molar-refractivity contribution in [2.24, 2.45) is 5.73 Å². The molecule has 0 radical (unpaired) electrons. The Bertz CT molecular complexity index is 745. The molecule has 0 atom stereocenters. The zero-order valence-electron chi connectivity index (χ0n) is 12.2. The lowest BCUT2D eigenvalue weighted by molar-refractivity contribution is -0.116. The summed E-state index contributed by atoms with van der Waals surface area (Å²) in [7, 11) is 0. The van der Waals surface area contributed by atoms with Gasteiger partial charge >= 0.3 is 0 Å². The molecule has 0 aliphatic rings. The lowest BCUT2D eigenvalue weighted by atomic mass is 10.1. The van der Waals surface area contributed by atoms with Crippen molar-refractivity contribution in [3.8, 4) is 0 Å². The summed E-state index contributed by atoms with van der Waals surface area (Å²) in [6.45, 7) is 0. The Morgan fingerprint density at radius 2 is 1.70 bits per heavy atom. The number of hydrogen-bond donors (Lipinski definition) is 2. The Labute approximate surface area is 138 Å². The van der Waals surface area contributed by atoms with Crippen molar-refractivity contribution in [2.45, 2.75) is 12.8 Å². The summed E-state index contributed by atoms with van der Waals surface area (Å²) in [5.41, 5.74) is 6.30. The first-order valence-corrected chi connectivity index (χ1v) is 7.32. The van der Waals surface area contributed by atoms with Crippen LogP contribution in [0.5, 0.6) is 0 Å². The first kappa shape index (κ1) is 16.7. The third-order valence-electron chi connectivity index (χ3n) is 3.19. The molecular weight excluding hydrogens is 316 g/mol. The van der Waals surface area contributed by atoms with Crippen LogP contribution in [0.3, 0.4) is 0 Å². The van der Waals surface area contributed by atoms with E-state index >= 15 is 0 Å². The molecule has 2 aromatic rings. The number of rotatable bonds is 6. The molecule has 0 aromatic heterocycles. The minimum Gasteiger partial charge on any atom is -0.366 e. The number of hydrogen-bond acceptors (Lipinski definition) is 3. The highest BCUT2D eigenvalue weighted by Crippen LogP contribution is 2.20. The van der Waals surface area contributed by atoms with Gasteiger partial charge in [-0.05, 0) is 18.2 Å². The maximum atomic E-state index is 11.9. The van der Waals surface area contributed by atoms with Crippen molar-refractivity contribution in [1.29, 1.82) is 0 Å². The van der Waals surface area contributed by atoms with Gasteiger partial charge in [-0.2, -0.15) is 0 Å². The van der Waals surface area contributed by atoms with E-state index in [0.29, 0.717) is 11.3 Å². The van der Waals surface area contributed by atoms with Crippen molar-refractivity contribution >= 4 is 34.9 Å². The number of nitrogens with two attached hydrogens (primary N) is 1. The van der Waals surface area contributed by atoms with Gasteiger partial charge in [0, 0.05) is 24.1 Å². The maximum Gasteiger partial charge on any atom is 0.250 e. The zero-order chi connectivity index (χ0) is 16.8. The fourth-order valence-electron chi connectivity index (χ4n) is 2.01. The molecule has 118 valence electrons. The fraction of sp³-hybridized carbons (Fsp3) is 0.118. The summed E-state index contributed by atoms with van der Waals surface area (Å²) < 4.78 is 0. The van der Waals surface area contributed by atoms with Crippen molar-refractivity contribution in [3.63, 3.8) is 0 Å². The van der Waals surface area contributed by atoms with Gasteiger partial charge in [0.15, 0.2) is 5.78 Å². The number of nitrogens with one attached hydrogen (secondary N) is 1. The van der Waals surface area contributed by atoms with E-state index in [9.17, 15) is 14.4 Å². The van der Waals surface area contributed by atoms with Crippen molar-refractivity contribution < 1.29 is 14.4 Å². The highest BCUT2D eigenvalue weighted by Gasteiger charge is 2.11. The van der Waals surface area contributed by atoms with E-state index in [4.69, 9.17) is 17.3 Å². The monoisotopic (exact) mass is 330 g/mol. The molecule has 0 fully saturated rings. The summed E-state index contributed by atoms with van der Waals surface area (Å²) in [5.74, 6) is -1.10. The quantitative estimate of drug-likeness (QED) is 0.798. The molecule has 0 unspecified atom stereocenters. The number of amides is 2. The average molecular weight is 331 g/mol. The number of ketones is 1. The van der Waals surface area contributed by atoms with Crippen LogP contribution in [0.4, 0.5) is 5.69 Å². The highest BCUT2D eigenvalue weighted by atomic mass is 35.5. The Morgan fingerprint density at radius 1 is 1.00 bits per heavy atom. The Hall–Kier alpha value is -2.66. The molecule has 0 saturated heterocycles. The maximum absolute atomic E-state index is 11.9. The Morgan fingerprint density at radius 3 is 2.35 bits per heavy atom. The van der Waals surface area contributed by atoms with Gasteiger partial charge in [-0.3, -0.25) is 14.4 Å². The van der Waals surface area contributed by atoms with Gasteiger partial charge in [-0.25, -0.2) is 0 Å². The van der Waals surface area contributed by atoms with E-state index in [-0.39, 0.29) is 35.1 Å². The van der Waals surface area contributed by atoms with E-state index in [2.05, 4.69) is 5.32 Å². The fourth-order valence-corrected chi connectivity index (χ4v) is 2.22. The molecule has 3 N–H and O–H groups in total. The van der Waals surface area contributed by atoms with Crippen molar-refractivity contribution in [3.05, 3.63) is 64.7 Å². The number of halogens is 1. The molecule has 0 bridgehead atoms. The summed E-state index contributed by atoms with van der Waals surface area (Å²) >= 11 is 5.84. The summed E-state index contributed by atoms with van der Waals surface area (Å²) in [4.78, 5) is 35.0. The molecule has 0 aliphatic carbocycles. The number of anilines is 1. The van der Waals surface area contributed by atoms with Gasteiger partial charge in [-0.1, -0.05) is 41.9 Å². The summed E-state index contributed by atoms with van der Waals surface area (Å²) in [6.07, 6.45) is 0.147. The molecule has 6 heteroatoms. The van der Waals surface area contributed by atoms with E-state index in [0.717, 1.165) is 0 Å². The molecule has 2 rings (SSSR count). The lowest BCUT2D eigenvalue weighted by Crippen LogP contribution is -2.15. The largest absolute Gasteiger partial charge is 0.366 e. The first-order valence-electron chi connectivity index (χ1n) is 6.95. The van der Waals surface area contributed by atoms with Crippen LogP contribution in [0.1, 0.15) is 33.6 Å². The molecule has 2 amide bonds.